The topological polar surface area (TPSA) is 64.2 Å². The summed E-state index contributed by atoms with van der Waals surface area (Å²) in [5.74, 6) is 0. The zero-order valence-electron chi connectivity index (χ0n) is 13.5. The molecule has 1 aromatic carbocycles. The first-order valence-electron chi connectivity index (χ1n) is 8.03. The smallest absolute Gasteiger partial charge is 0.294 e. The molecule has 3 rings (SSSR count). The third kappa shape index (κ3) is 3.42. The van der Waals surface area contributed by atoms with Gasteiger partial charge in [0.25, 0.3) is 0 Å². The van der Waals surface area contributed by atoms with Gasteiger partial charge in [0, 0.05) is 18.6 Å². The summed E-state index contributed by atoms with van der Waals surface area (Å²) in [6.07, 6.45) is 4.80. The molecule has 0 amide bonds. The molecule has 122 valence electrons. The van der Waals surface area contributed by atoms with Gasteiger partial charge in [0.05, 0.1) is 11.0 Å². The van der Waals surface area contributed by atoms with Crippen LogP contribution in [-0.2, 0) is 6.54 Å². The van der Waals surface area contributed by atoms with Crippen LogP contribution in [0, 0.1) is 10.1 Å². The molecule has 2 aromatic rings. The predicted molar refractivity (Wildman–Crippen MR) is 88.1 cm³/mol. The summed E-state index contributed by atoms with van der Waals surface area (Å²) in [6.45, 7) is 5.39. The molecule has 0 spiro atoms. The number of aromatic nitrogens is 2. The summed E-state index contributed by atoms with van der Waals surface area (Å²) < 4.78 is 1.77. The molecule has 0 unspecified atom stereocenters. The van der Waals surface area contributed by atoms with Gasteiger partial charge < -0.3 is 0 Å². The van der Waals surface area contributed by atoms with Crippen molar-refractivity contribution in [2.24, 2.45) is 0 Å². The van der Waals surface area contributed by atoms with E-state index in [4.69, 9.17) is 0 Å². The van der Waals surface area contributed by atoms with Crippen LogP contribution in [0.4, 0.5) is 5.69 Å². The Balaban J connectivity index is 1.70. The van der Waals surface area contributed by atoms with Gasteiger partial charge in [-0.15, -0.1) is 0 Å². The number of benzene rings is 1. The maximum absolute atomic E-state index is 10.8. The van der Waals surface area contributed by atoms with Crippen LogP contribution in [0.3, 0.4) is 0 Å². The Morgan fingerprint density at radius 2 is 1.87 bits per heavy atom. The highest BCUT2D eigenvalue weighted by atomic mass is 16.6. The quantitative estimate of drug-likeness (QED) is 0.641. The number of nitro groups is 1. The zero-order chi connectivity index (χ0) is 16.4. The fraction of sp³-hybridized carbons (Fsp3) is 0.471. The average molecular weight is 314 g/mol. The Hall–Kier alpha value is -2.21. The van der Waals surface area contributed by atoms with Crippen LogP contribution in [0.25, 0.3) is 0 Å². The molecule has 6 nitrogen and oxygen atoms in total. The number of nitrogens with zero attached hydrogens (tertiary/aromatic N) is 4. The number of likely N-dealkylation sites (tertiary alicyclic amines) is 1. The van der Waals surface area contributed by atoms with Crippen LogP contribution in [0.1, 0.15) is 38.3 Å². The van der Waals surface area contributed by atoms with Crippen LogP contribution < -0.4 is 0 Å². The Kier molecular flexibility index (Phi) is 4.43. The standard InChI is InChI=1S/C17H22N4O2/c1-13-8-16(20-12-17(10-18-20)21(22)23)9-14(2)19(13)11-15-6-4-3-5-7-15/h3-7,10,12-14,16H,8-9,11H2,1-2H3/t13-,14+,16+. The second-order valence-corrected chi connectivity index (χ2v) is 6.42. The minimum absolute atomic E-state index is 0.0667. The summed E-state index contributed by atoms with van der Waals surface area (Å²) in [6, 6.07) is 11.5. The SMILES string of the molecule is C[C@@H]1C[C@H](n2cc([N+](=O)[O-])cn2)C[C@H](C)N1Cc1ccccc1. The Labute approximate surface area is 135 Å². The third-order valence-electron chi connectivity index (χ3n) is 4.74. The highest BCUT2D eigenvalue weighted by Crippen LogP contribution is 2.32. The lowest BCUT2D eigenvalue weighted by atomic mass is 9.92. The molecule has 0 N–H and O–H groups in total. The first-order valence-corrected chi connectivity index (χ1v) is 8.03. The van der Waals surface area contributed by atoms with E-state index in [1.807, 2.05) is 6.07 Å². The fourth-order valence-electron chi connectivity index (χ4n) is 3.53. The summed E-state index contributed by atoms with van der Waals surface area (Å²) in [4.78, 5) is 12.9. The highest BCUT2D eigenvalue weighted by Gasteiger charge is 2.32. The van der Waals surface area contributed by atoms with E-state index < -0.39 is 0 Å². The highest BCUT2D eigenvalue weighted by molar-refractivity contribution is 5.21. The normalized spacial score (nSPS) is 25.4. The molecule has 6 heteroatoms. The van der Waals surface area contributed by atoms with E-state index in [9.17, 15) is 10.1 Å². The van der Waals surface area contributed by atoms with Crippen molar-refractivity contribution in [3.63, 3.8) is 0 Å². The Morgan fingerprint density at radius 1 is 1.22 bits per heavy atom. The van der Waals surface area contributed by atoms with Gasteiger partial charge in [-0.05, 0) is 32.3 Å². The van der Waals surface area contributed by atoms with Gasteiger partial charge in [-0.1, -0.05) is 30.3 Å². The first-order chi connectivity index (χ1) is 11.0. The van der Waals surface area contributed by atoms with Crippen molar-refractivity contribution in [1.29, 1.82) is 0 Å². The van der Waals surface area contributed by atoms with Crippen molar-refractivity contribution >= 4 is 5.69 Å². The Bertz CT molecular complexity index is 658. The van der Waals surface area contributed by atoms with Gasteiger partial charge in [-0.25, -0.2) is 0 Å². The molecule has 2 heterocycles. The summed E-state index contributed by atoms with van der Waals surface area (Å²) in [5, 5.41) is 15.0. The van der Waals surface area contributed by atoms with Crippen molar-refractivity contribution in [3.05, 3.63) is 58.4 Å². The van der Waals surface area contributed by atoms with Gasteiger partial charge in [-0.2, -0.15) is 5.10 Å². The molecule has 1 fully saturated rings. The number of hydrogen-bond donors (Lipinski definition) is 0. The molecular formula is C17H22N4O2. The lowest BCUT2D eigenvalue weighted by Crippen LogP contribution is -2.46. The third-order valence-corrected chi connectivity index (χ3v) is 4.74. The van der Waals surface area contributed by atoms with E-state index in [2.05, 4.69) is 48.1 Å². The predicted octanol–water partition coefficient (Wildman–Crippen LogP) is 3.41. The lowest BCUT2D eigenvalue weighted by molar-refractivity contribution is -0.385. The largest absolute Gasteiger partial charge is 0.307 e. The second kappa shape index (κ2) is 6.50. The van der Waals surface area contributed by atoms with Crippen molar-refractivity contribution in [3.8, 4) is 0 Å². The van der Waals surface area contributed by atoms with E-state index in [1.54, 1.807) is 10.9 Å². The molecule has 0 aliphatic carbocycles. The summed E-state index contributed by atoms with van der Waals surface area (Å²) in [5.41, 5.74) is 1.39. The number of rotatable bonds is 4. The van der Waals surface area contributed by atoms with E-state index in [-0.39, 0.29) is 16.7 Å². The van der Waals surface area contributed by atoms with E-state index in [1.165, 1.54) is 11.8 Å². The van der Waals surface area contributed by atoms with Gasteiger partial charge in [-0.3, -0.25) is 19.7 Å². The Morgan fingerprint density at radius 3 is 2.43 bits per heavy atom. The van der Waals surface area contributed by atoms with Crippen molar-refractivity contribution in [1.82, 2.24) is 14.7 Å². The van der Waals surface area contributed by atoms with Crippen LogP contribution in [0.2, 0.25) is 0 Å². The monoisotopic (exact) mass is 314 g/mol. The number of hydrogen-bond acceptors (Lipinski definition) is 4. The molecule has 3 atom stereocenters. The minimum Gasteiger partial charge on any atom is -0.294 e. The van der Waals surface area contributed by atoms with Crippen molar-refractivity contribution in [2.75, 3.05) is 0 Å². The molecule has 1 aliphatic rings. The summed E-state index contributed by atoms with van der Waals surface area (Å²) >= 11 is 0. The van der Waals surface area contributed by atoms with Crippen LogP contribution in [-0.4, -0.2) is 31.7 Å². The van der Waals surface area contributed by atoms with Crippen LogP contribution in [0.15, 0.2) is 42.7 Å². The van der Waals surface area contributed by atoms with Crippen molar-refractivity contribution < 1.29 is 4.92 Å². The molecule has 23 heavy (non-hydrogen) atoms. The number of piperidine rings is 1. The van der Waals surface area contributed by atoms with E-state index in [0.717, 1.165) is 19.4 Å². The van der Waals surface area contributed by atoms with Gasteiger partial charge >= 0.3 is 5.69 Å². The van der Waals surface area contributed by atoms with Gasteiger partial charge in [0.2, 0.25) is 0 Å². The van der Waals surface area contributed by atoms with Crippen LogP contribution in [0.5, 0.6) is 0 Å². The van der Waals surface area contributed by atoms with Gasteiger partial charge in [0.1, 0.15) is 12.4 Å². The fourth-order valence-corrected chi connectivity index (χ4v) is 3.53. The first kappa shape index (κ1) is 15.7. The molecule has 1 aliphatic heterocycles. The van der Waals surface area contributed by atoms with Gasteiger partial charge in [0.15, 0.2) is 0 Å². The van der Waals surface area contributed by atoms with Crippen LogP contribution >= 0.6 is 0 Å². The molecule has 0 radical (unpaired) electrons. The molecule has 1 saturated heterocycles. The average Bonchev–Trinajstić information content (AvgIpc) is 3.02. The van der Waals surface area contributed by atoms with Crippen molar-refractivity contribution in [2.45, 2.75) is 51.4 Å². The lowest BCUT2D eigenvalue weighted by Gasteiger charge is -2.42. The molecular weight excluding hydrogens is 292 g/mol. The maximum atomic E-state index is 10.8. The van der Waals surface area contributed by atoms with E-state index in [0.29, 0.717) is 12.1 Å². The minimum atomic E-state index is -0.388. The molecule has 0 bridgehead atoms. The molecule has 0 saturated carbocycles. The zero-order valence-corrected chi connectivity index (χ0v) is 13.5. The van der Waals surface area contributed by atoms with E-state index >= 15 is 0 Å². The summed E-state index contributed by atoms with van der Waals surface area (Å²) in [7, 11) is 0. The maximum Gasteiger partial charge on any atom is 0.307 e. The molecule has 1 aromatic heterocycles. The second-order valence-electron chi connectivity index (χ2n) is 6.42.